The van der Waals surface area contributed by atoms with Crippen LogP contribution in [0.2, 0.25) is 0 Å². The molecule has 3 rings (SSSR count). The van der Waals surface area contributed by atoms with Crippen molar-refractivity contribution < 1.29 is 14.3 Å². The van der Waals surface area contributed by atoms with Crippen molar-refractivity contribution in [1.29, 1.82) is 0 Å². The number of thioether (sulfide) groups is 1. The maximum absolute atomic E-state index is 12.1. The van der Waals surface area contributed by atoms with Gasteiger partial charge in [0.2, 0.25) is 5.91 Å². The minimum Gasteiger partial charge on any atom is -0.486 e. The Morgan fingerprint density at radius 1 is 1.21 bits per heavy atom. The highest BCUT2D eigenvalue weighted by Gasteiger charge is 2.12. The molecule has 1 aromatic heterocycles. The van der Waals surface area contributed by atoms with Gasteiger partial charge in [-0.05, 0) is 31.2 Å². The maximum Gasteiger partial charge on any atom is 0.250 e. The highest BCUT2D eigenvalue weighted by Crippen LogP contribution is 2.34. The summed E-state index contributed by atoms with van der Waals surface area (Å²) < 4.78 is 12.6. The molecule has 1 aliphatic heterocycles. The molecule has 7 heteroatoms. The van der Waals surface area contributed by atoms with Crippen LogP contribution in [0.4, 0.5) is 5.69 Å². The number of carbonyl (C=O) groups excluding carboxylic acids is 1. The molecule has 1 aliphatic rings. The summed E-state index contributed by atoms with van der Waals surface area (Å²) in [5, 5.41) is 2.80. The maximum atomic E-state index is 12.1. The molecule has 6 nitrogen and oxygen atoms in total. The minimum absolute atomic E-state index is 0.0823. The van der Waals surface area contributed by atoms with Gasteiger partial charge in [-0.15, -0.1) is 11.8 Å². The van der Waals surface area contributed by atoms with E-state index in [0.717, 1.165) is 10.6 Å². The fourth-order valence-electron chi connectivity index (χ4n) is 2.31. The highest BCUT2D eigenvalue weighted by atomic mass is 32.2. The van der Waals surface area contributed by atoms with Crippen LogP contribution < -0.4 is 20.3 Å². The van der Waals surface area contributed by atoms with E-state index in [4.69, 9.17) is 9.47 Å². The lowest BCUT2D eigenvalue weighted by atomic mass is 10.3. The Morgan fingerprint density at radius 2 is 2.00 bits per heavy atom. The van der Waals surface area contributed by atoms with Crippen molar-refractivity contribution >= 4 is 23.4 Å². The first-order valence-corrected chi connectivity index (χ1v) is 8.67. The minimum atomic E-state index is -0.129. The number of aromatic nitrogens is 1. The number of aryl methyl sites for hydroxylation is 1. The lowest BCUT2D eigenvalue weighted by Gasteiger charge is -2.18. The Kier molecular flexibility index (Phi) is 5.10. The van der Waals surface area contributed by atoms with E-state index in [9.17, 15) is 9.59 Å². The lowest BCUT2D eigenvalue weighted by Crippen LogP contribution is -2.20. The van der Waals surface area contributed by atoms with Crippen molar-refractivity contribution in [3.63, 3.8) is 0 Å². The normalized spacial score (nSPS) is 12.7. The molecule has 0 fully saturated rings. The number of nitrogens with one attached hydrogen (secondary N) is 1. The van der Waals surface area contributed by atoms with Crippen LogP contribution in [0.15, 0.2) is 46.2 Å². The highest BCUT2D eigenvalue weighted by molar-refractivity contribution is 8.00. The first-order chi connectivity index (χ1) is 11.7. The van der Waals surface area contributed by atoms with Crippen LogP contribution in [0, 0.1) is 0 Å². The van der Waals surface area contributed by atoms with Crippen molar-refractivity contribution in [2.45, 2.75) is 18.4 Å². The van der Waals surface area contributed by atoms with Gasteiger partial charge in [0.25, 0.3) is 5.56 Å². The summed E-state index contributed by atoms with van der Waals surface area (Å²) in [5.41, 5.74) is 0.533. The number of pyridine rings is 1. The van der Waals surface area contributed by atoms with Gasteiger partial charge >= 0.3 is 0 Å². The molecule has 1 amide bonds. The molecule has 126 valence electrons. The van der Waals surface area contributed by atoms with Crippen LogP contribution >= 0.6 is 11.8 Å². The van der Waals surface area contributed by atoms with Crippen molar-refractivity contribution in [2.24, 2.45) is 0 Å². The zero-order chi connectivity index (χ0) is 16.9. The van der Waals surface area contributed by atoms with Gasteiger partial charge in [0, 0.05) is 23.7 Å². The van der Waals surface area contributed by atoms with Crippen LogP contribution in [-0.2, 0) is 11.3 Å². The second-order valence-corrected chi connectivity index (χ2v) is 6.23. The number of hydrogen-bond donors (Lipinski definition) is 1. The molecule has 1 aromatic carbocycles. The van der Waals surface area contributed by atoms with E-state index in [1.165, 1.54) is 17.8 Å². The van der Waals surface area contributed by atoms with Crippen LogP contribution in [0.3, 0.4) is 0 Å². The average molecular weight is 346 g/mol. The predicted octanol–water partition coefficient (Wildman–Crippen LogP) is 2.37. The Bertz CT molecular complexity index is 803. The number of anilines is 1. The predicted molar refractivity (Wildman–Crippen MR) is 93.2 cm³/mol. The summed E-state index contributed by atoms with van der Waals surface area (Å²) >= 11 is 1.42. The van der Waals surface area contributed by atoms with E-state index in [-0.39, 0.29) is 17.2 Å². The Balaban J connectivity index is 1.58. The summed E-state index contributed by atoms with van der Waals surface area (Å²) in [5.74, 6) is 1.58. The molecule has 0 aliphatic carbocycles. The Morgan fingerprint density at radius 3 is 2.79 bits per heavy atom. The fourth-order valence-corrected chi connectivity index (χ4v) is 3.04. The van der Waals surface area contributed by atoms with Crippen LogP contribution in [0.25, 0.3) is 0 Å². The van der Waals surface area contributed by atoms with Gasteiger partial charge in [-0.3, -0.25) is 9.59 Å². The van der Waals surface area contributed by atoms with Gasteiger partial charge in [0.15, 0.2) is 11.5 Å². The number of nitrogens with zero attached hydrogens (tertiary/aromatic N) is 1. The molecule has 0 unspecified atom stereocenters. The first kappa shape index (κ1) is 16.4. The zero-order valence-corrected chi connectivity index (χ0v) is 14.1. The van der Waals surface area contributed by atoms with Gasteiger partial charge in [-0.25, -0.2) is 0 Å². The number of ether oxygens (including phenoxy) is 2. The third-order valence-corrected chi connectivity index (χ3v) is 4.49. The molecule has 0 saturated heterocycles. The fraction of sp³-hybridized carbons (Fsp3) is 0.294. The largest absolute Gasteiger partial charge is 0.486 e. The molecular weight excluding hydrogens is 328 g/mol. The van der Waals surface area contributed by atoms with Crippen molar-refractivity contribution in [2.75, 3.05) is 24.3 Å². The van der Waals surface area contributed by atoms with Crippen LogP contribution in [0.1, 0.15) is 6.92 Å². The van der Waals surface area contributed by atoms with E-state index < -0.39 is 0 Å². The molecule has 2 aromatic rings. The third-order valence-electron chi connectivity index (χ3n) is 3.49. The number of benzene rings is 1. The van der Waals surface area contributed by atoms with Crippen LogP contribution in [-0.4, -0.2) is 29.4 Å². The molecule has 0 radical (unpaired) electrons. The average Bonchev–Trinajstić information content (AvgIpc) is 2.61. The van der Waals surface area contributed by atoms with E-state index in [1.54, 1.807) is 16.8 Å². The van der Waals surface area contributed by atoms with E-state index in [1.807, 2.05) is 25.1 Å². The summed E-state index contributed by atoms with van der Waals surface area (Å²) in [6.45, 7) is 3.54. The molecule has 24 heavy (non-hydrogen) atoms. The first-order valence-electron chi connectivity index (χ1n) is 7.68. The SMILES string of the molecule is CCn1cc(NC(=O)CSc2ccc3c(c2)OCCO3)ccc1=O. The molecule has 0 spiro atoms. The van der Waals surface area contributed by atoms with E-state index >= 15 is 0 Å². The second kappa shape index (κ2) is 7.44. The van der Waals surface area contributed by atoms with Crippen LogP contribution in [0.5, 0.6) is 11.5 Å². The molecule has 0 saturated carbocycles. The molecule has 0 bridgehead atoms. The second-order valence-electron chi connectivity index (χ2n) is 5.18. The van der Waals surface area contributed by atoms with E-state index in [2.05, 4.69) is 5.32 Å². The van der Waals surface area contributed by atoms with Gasteiger partial charge in [-0.1, -0.05) is 0 Å². The third kappa shape index (κ3) is 3.91. The summed E-state index contributed by atoms with van der Waals surface area (Å²) in [6, 6.07) is 8.70. The Labute approximate surface area is 143 Å². The zero-order valence-electron chi connectivity index (χ0n) is 13.3. The van der Waals surface area contributed by atoms with E-state index in [0.29, 0.717) is 31.2 Å². The van der Waals surface area contributed by atoms with Gasteiger partial charge in [0.05, 0.1) is 11.4 Å². The quantitative estimate of drug-likeness (QED) is 0.842. The number of amides is 1. The van der Waals surface area contributed by atoms with Crippen molar-refractivity contribution in [1.82, 2.24) is 4.57 Å². The molecular formula is C17H18N2O4S. The number of carbonyl (C=O) groups is 1. The number of rotatable bonds is 5. The summed E-state index contributed by atoms with van der Waals surface area (Å²) in [4.78, 5) is 24.6. The number of hydrogen-bond acceptors (Lipinski definition) is 5. The van der Waals surface area contributed by atoms with Gasteiger partial charge in [-0.2, -0.15) is 0 Å². The van der Waals surface area contributed by atoms with Gasteiger partial charge in [0.1, 0.15) is 13.2 Å². The molecule has 1 N–H and O–H groups in total. The van der Waals surface area contributed by atoms with Crippen molar-refractivity contribution in [3.05, 3.63) is 46.9 Å². The smallest absolute Gasteiger partial charge is 0.250 e. The monoisotopic (exact) mass is 346 g/mol. The van der Waals surface area contributed by atoms with Crippen molar-refractivity contribution in [3.8, 4) is 11.5 Å². The van der Waals surface area contributed by atoms with Gasteiger partial charge < -0.3 is 19.4 Å². The topological polar surface area (TPSA) is 69.6 Å². The standard InChI is InChI=1S/C17H18N2O4S/c1-2-19-10-12(3-6-17(19)21)18-16(20)11-24-13-4-5-14-15(9-13)23-8-7-22-14/h3-6,9-10H,2,7-8,11H2,1H3,(H,18,20). The lowest BCUT2D eigenvalue weighted by molar-refractivity contribution is -0.113. The summed E-state index contributed by atoms with van der Waals surface area (Å²) in [6.07, 6.45) is 1.65. The summed E-state index contributed by atoms with van der Waals surface area (Å²) in [7, 11) is 0. The molecule has 2 heterocycles. The number of fused-ring (bicyclic) bond motifs is 1. The Hall–Kier alpha value is -2.41. The molecule has 0 atom stereocenters.